The highest BCUT2D eigenvalue weighted by atomic mass is 16.5. The van der Waals surface area contributed by atoms with E-state index < -0.39 is 23.4 Å². The number of rotatable bonds is 13. The number of alkyl carbamates (subject to hydrolysis) is 1. The molecule has 0 radical (unpaired) electrons. The topological polar surface area (TPSA) is 141 Å². The average Bonchev–Trinajstić information content (AvgIpc) is 3.27. The highest BCUT2D eigenvalue weighted by molar-refractivity contribution is 6.11. The smallest absolute Gasteiger partial charge is 0.408 e. The van der Waals surface area contributed by atoms with Gasteiger partial charge in [-0.3, -0.25) is 14.9 Å². The zero-order chi connectivity index (χ0) is 27.7. The van der Waals surface area contributed by atoms with Gasteiger partial charge < -0.3 is 20.1 Å². The van der Waals surface area contributed by atoms with Crippen LogP contribution >= 0.6 is 0 Å². The normalized spacial score (nSPS) is 12.4. The van der Waals surface area contributed by atoms with Crippen LogP contribution in [0.4, 0.5) is 4.79 Å². The Kier molecular flexibility index (Phi) is 9.56. The van der Waals surface area contributed by atoms with E-state index in [1.807, 2.05) is 25.1 Å². The van der Waals surface area contributed by atoms with Crippen molar-refractivity contribution in [2.45, 2.75) is 44.8 Å². The number of aryl methyl sites for hydroxylation is 1. The number of aliphatic carboxylic acids is 1. The van der Waals surface area contributed by atoms with Gasteiger partial charge in [0.15, 0.2) is 11.3 Å². The molecule has 4 N–H and O–H groups in total. The van der Waals surface area contributed by atoms with Crippen molar-refractivity contribution in [1.29, 1.82) is 0 Å². The van der Waals surface area contributed by atoms with Gasteiger partial charge in [0, 0.05) is 24.7 Å². The van der Waals surface area contributed by atoms with Crippen LogP contribution < -0.4 is 11.1 Å². The number of ketones is 2. The van der Waals surface area contributed by atoms with Gasteiger partial charge in [-0.2, -0.15) is 0 Å². The lowest BCUT2D eigenvalue weighted by Gasteiger charge is -2.29. The molecule has 0 aliphatic heterocycles. The van der Waals surface area contributed by atoms with Crippen molar-refractivity contribution in [3.63, 3.8) is 0 Å². The van der Waals surface area contributed by atoms with E-state index in [1.165, 1.54) is 0 Å². The van der Waals surface area contributed by atoms with E-state index in [4.69, 9.17) is 10.5 Å². The first-order chi connectivity index (χ1) is 18.2. The predicted octanol–water partition coefficient (Wildman–Crippen LogP) is 3.55. The molecule has 0 bridgehead atoms. The Morgan fingerprint density at radius 1 is 0.974 bits per heavy atom. The van der Waals surface area contributed by atoms with Crippen LogP contribution in [-0.4, -0.2) is 45.4 Å². The van der Waals surface area contributed by atoms with Crippen molar-refractivity contribution in [2.75, 3.05) is 6.54 Å². The van der Waals surface area contributed by atoms with Crippen LogP contribution in [0.3, 0.4) is 0 Å². The lowest BCUT2D eigenvalue weighted by Crippen LogP contribution is -2.60. The van der Waals surface area contributed by atoms with Crippen LogP contribution in [-0.2, 0) is 34.4 Å². The number of unbranched alkanes of at least 4 members (excludes halogenated alkanes) is 1. The maximum atomic E-state index is 13.5. The van der Waals surface area contributed by atoms with E-state index in [0.717, 1.165) is 5.56 Å². The van der Waals surface area contributed by atoms with Crippen LogP contribution in [0.5, 0.6) is 0 Å². The lowest BCUT2D eigenvalue weighted by molar-refractivity contribution is -0.150. The number of benzene rings is 2. The molecule has 0 aliphatic carbocycles. The van der Waals surface area contributed by atoms with Gasteiger partial charge in [0.2, 0.25) is 5.78 Å². The zero-order valence-corrected chi connectivity index (χ0v) is 21.6. The molecule has 3 aromatic rings. The molecule has 0 aliphatic rings. The molecule has 0 saturated carbocycles. The quantitative estimate of drug-likeness (QED) is 0.178. The fourth-order valence-corrected chi connectivity index (χ4v) is 4.15. The van der Waals surface area contributed by atoms with Crippen LogP contribution in [0.1, 0.15) is 52.1 Å². The van der Waals surface area contributed by atoms with Gasteiger partial charge in [-0.1, -0.05) is 60.2 Å². The first-order valence-corrected chi connectivity index (χ1v) is 12.4. The average molecular weight is 520 g/mol. The number of amides is 1. The molecular weight excluding hydrogens is 486 g/mol. The number of carbonyl (C=O) groups excluding carboxylic acids is 3. The third-order valence-corrected chi connectivity index (χ3v) is 6.49. The summed E-state index contributed by atoms with van der Waals surface area (Å²) < 4.78 is 6.79. The summed E-state index contributed by atoms with van der Waals surface area (Å²) in [4.78, 5) is 51.7. The van der Waals surface area contributed by atoms with Gasteiger partial charge in [0.05, 0.1) is 5.69 Å². The number of carboxylic acids is 1. The number of aromatic nitrogens is 1. The summed E-state index contributed by atoms with van der Waals surface area (Å²) in [5.74, 6) is -2.43. The SMILES string of the molecule is Cc1ccc(C(=O)c2ccc(CC(=O)C(CCCCN)(NC(=O)OCc3ccccc3)C(=O)O)n2C)cc1. The van der Waals surface area contributed by atoms with Crippen LogP contribution in [0.15, 0.2) is 66.7 Å². The molecule has 3 rings (SSSR count). The molecule has 38 heavy (non-hydrogen) atoms. The Hall–Kier alpha value is -4.24. The number of ether oxygens (including phenoxy) is 1. The molecule has 1 amide bonds. The predicted molar refractivity (Wildman–Crippen MR) is 142 cm³/mol. The van der Waals surface area contributed by atoms with E-state index in [-0.39, 0.29) is 25.2 Å². The van der Waals surface area contributed by atoms with Crippen molar-refractivity contribution in [2.24, 2.45) is 12.8 Å². The lowest BCUT2D eigenvalue weighted by atomic mass is 9.85. The van der Waals surface area contributed by atoms with E-state index in [0.29, 0.717) is 41.9 Å². The van der Waals surface area contributed by atoms with Gasteiger partial charge in [-0.25, -0.2) is 9.59 Å². The minimum Gasteiger partial charge on any atom is -0.479 e. The summed E-state index contributed by atoms with van der Waals surface area (Å²) in [5.41, 5.74) is 6.39. The Bertz CT molecular complexity index is 1280. The van der Waals surface area contributed by atoms with Crippen LogP contribution in [0.2, 0.25) is 0 Å². The molecule has 200 valence electrons. The number of hydrogen-bond acceptors (Lipinski definition) is 6. The Labute approximate surface area is 221 Å². The number of hydrogen-bond donors (Lipinski definition) is 3. The third-order valence-electron chi connectivity index (χ3n) is 6.49. The van der Waals surface area contributed by atoms with Crippen molar-refractivity contribution < 1.29 is 29.0 Å². The molecule has 0 spiro atoms. The standard InChI is InChI=1S/C29H33N3O6/c1-20-10-12-22(13-11-20)26(34)24-15-14-23(32(24)2)18-25(33)29(27(35)36,16-6-7-17-30)31-28(37)38-19-21-8-4-3-5-9-21/h3-5,8-15H,6-7,16-19,30H2,1-2H3,(H,31,37)(H,35,36). The van der Waals surface area contributed by atoms with Crippen molar-refractivity contribution in [3.05, 3.63) is 94.8 Å². The van der Waals surface area contributed by atoms with Crippen molar-refractivity contribution in [1.82, 2.24) is 9.88 Å². The molecular formula is C29H33N3O6. The third kappa shape index (κ3) is 6.74. The van der Waals surface area contributed by atoms with E-state index >= 15 is 0 Å². The van der Waals surface area contributed by atoms with E-state index in [2.05, 4.69) is 5.32 Å². The maximum Gasteiger partial charge on any atom is 0.408 e. The number of carboxylic acid groups (broad SMARTS) is 1. The number of carbonyl (C=O) groups is 4. The zero-order valence-electron chi connectivity index (χ0n) is 21.6. The second-order valence-corrected chi connectivity index (χ2v) is 9.21. The first kappa shape index (κ1) is 28.3. The molecule has 9 heteroatoms. The van der Waals surface area contributed by atoms with Crippen molar-refractivity contribution >= 4 is 23.6 Å². The van der Waals surface area contributed by atoms with Gasteiger partial charge in [0.25, 0.3) is 0 Å². The molecule has 1 heterocycles. The Morgan fingerprint density at radius 3 is 2.29 bits per heavy atom. The fourth-order valence-electron chi connectivity index (χ4n) is 4.15. The number of Topliss-reactive ketones (excluding diaryl/α,β-unsaturated/α-hetero) is 1. The van der Waals surface area contributed by atoms with Gasteiger partial charge in [-0.05, 0) is 50.4 Å². The van der Waals surface area contributed by atoms with Crippen LogP contribution in [0.25, 0.3) is 0 Å². The molecule has 2 aromatic carbocycles. The summed E-state index contributed by atoms with van der Waals surface area (Å²) in [5, 5.41) is 12.5. The van der Waals surface area contributed by atoms with Gasteiger partial charge >= 0.3 is 12.1 Å². The molecule has 1 unspecified atom stereocenters. The molecule has 1 aromatic heterocycles. The van der Waals surface area contributed by atoms with Gasteiger partial charge in [0.1, 0.15) is 6.61 Å². The number of nitrogens with one attached hydrogen (secondary N) is 1. The first-order valence-electron chi connectivity index (χ1n) is 12.4. The Balaban J connectivity index is 1.81. The Morgan fingerprint density at radius 2 is 1.66 bits per heavy atom. The number of nitrogens with zero attached hydrogens (tertiary/aromatic N) is 1. The fraction of sp³-hybridized carbons (Fsp3) is 0.310. The van der Waals surface area contributed by atoms with E-state index in [9.17, 15) is 24.3 Å². The highest BCUT2D eigenvalue weighted by Crippen LogP contribution is 2.22. The summed E-state index contributed by atoms with van der Waals surface area (Å²) in [6, 6.07) is 19.3. The molecule has 1 atom stereocenters. The van der Waals surface area contributed by atoms with Crippen molar-refractivity contribution in [3.8, 4) is 0 Å². The maximum absolute atomic E-state index is 13.5. The minimum atomic E-state index is -2.21. The highest BCUT2D eigenvalue weighted by Gasteiger charge is 2.47. The monoisotopic (exact) mass is 519 g/mol. The molecule has 0 fully saturated rings. The van der Waals surface area contributed by atoms with E-state index in [1.54, 1.807) is 60.1 Å². The summed E-state index contributed by atoms with van der Waals surface area (Å²) >= 11 is 0. The van der Waals surface area contributed by atoms with Crippen LogP contribution in [0, 0.1) is 6.92 Å². The minimum absolute atomic E-state index is 0.0817. The summed E-state index contributed by atoms with van der Waals surface area (Å²) in [6.07, 6.45) is -0.705. The molecule has 0 saturated heterocycles. The molecule has 9 nitrogen and oxygen atoms in total. The summed E-state index contributed by atoms with van der Waals surface area (Å²) in [7, 11) is 1.64. The largest absolute Gasteiger partial charge is 0.479 e. The second-order valence-electron chi connectivity index (χ2n) is 9.21. The van der Waals surface area contributed by atoms with Gasteiger partial charge in [-0.15, -0.1) is 0 Å². The summed E-state index contributed by atoms with van der Waals surface area (Å²) in [6.45, 7) is 2.15. The number of nitrogens with two attached hydrogens (primary N) is 1. The second kappa shape index (κ2) is 12.8.